The molecule has 3 rings (SSSR count). The third kappa shape index (κ3) is 2.73. The van der Waals surface area contributed by atoms with Crippen molar-refractivity contribution < 1.29 is 14.3 Å². The van der Waals surface area contributed by atoms with E-state index in [-0.39, 0.29) is 11.0 Å². The van der Waals surface area contributed by atoms with Crippen LogP contribution in [0.2, 0.25) is 0 Å². The van der Waals surface area contributed by atoms with Gasteiger partial charge < -0.3 is 14.3 Å². The zero-order chi connectivity index (χ0) is 16.6. The Morgan fingerprint density at radius 1 is 1.04 bits per heavy atom. The fourth-order valence-electron chi connectivity index (χ4n) is 2.64. The lowest BCUT2D eigenvalue weighted by Gasteiger charge is -2.20. The Morgan fingerprint density at radius 3 is 2.30 bits per heavy atom. The third-order valence-electron chi connectivity index (χ3n) is 3.76. The van der Waals surface area contributed by atoms with E-state index in [9.17, 15) is 9.90 Å². The van der Waals surface area contributed by atoms with Crippen LogP contribution < -0.4 is 10.2 Å². The summed E-state index contributed by atoms with van der Waals surface area (Å²) in [5, 5.41) is 10.9. The lowest BCUT2D eigenvalue weighted by atomic mass is 9.92. The second-order valence-corrected chi connectivity index (χ2v) is 5.92. The molecule has 118 valence electrons. The highest BCUT2D eigenvalue weighted by Gasteiger charge is 2.28. The first kappa shape index (κ1) is 15.3. The van der Waals surface area contributed by atoms with Gasteiger partial charge in [0.15, 0.2) is 5.43 Å². The van der Waals surface area contributed by atoms with Crippen molar-refractivity contribution in [2.75, 3.05) is 7.11 Å². The monoisotopic (exact) mass is 310 g/mol. The molecule has 0 aliphatic heterocycles. The van der Waals surface area contributed by atoms with Crippen LogP contribution >= 0.6 is 0 Å². The molecule has 0 aliphatic rings. The van der Waals surface area contributed by atoms with E-state index in [0.717, 1.165) is 0 Å². The molecule has 4 nitrogen and oxygen atoms in total. The predicted octanol–water partition coefficient (Wildman–Crippen LogP) is 3.70. The van der Waals surface area contributed by atoms with Crippen LogP contribution in [0.5, 0.6) is 5.75 Å². The Bertz CT molecular complexity index is 899. The summed E-state index contributed by atoms with van der Waals surface area (Å²) in [7, 11) is 1.59. The smallest absolute Gasteiger partial charge is 0.199 e. The molecule has 23 heavy (non-hydrogen) atoms. The molecule has 1 N–H and O–H groups in total. The molecule has 2 aromatic carbocycles. The molecule has 1 heterocycles. The molecule has 0 saturated carbocycles. The summed E-state index contributed by atoms with van der Waals surface area (Å²) in [6.45, 7) is 3.17. The number of hydrogen-bond donors (Lipinski definition) is 1. The highest BCUT2D eigenvalue weighted by atomic mass is 16.5. The van der Waals surface area contributed by atoms with Gasteiger partial charge in [0.05, 0.1) is 23.7 Å². The maximum absolute atomic E-state index is 12.8. The number of ether oxygens (including phenoxy) is 1. The molecule has 0 spiro atoms. The van der Waals surface area contributed by atoms with Crippen molar-refractivity contribution in [3.05, 3.63) is 64.3 Å². The summed E-state index contributed by atoms with van der Waals surface area (Å²) < 4.78 is 11.1. The summed E-state index contributed by atoms with van der Waals surface area (Å²) >= 11 is 0. The second-order valence-electron chi connectivity index (χ2n) is 5.92. The average Bonchev–Trinajstić information content (AvgIpc) is 2.53. The number of para-hydroxylation sites is 1. The van der Waals surface area contributed by atoms with Gasteiger partial charge in [-0.1, -0.05) is 12.1 Å². The molecule has 0 fully saturated rings. The summed E-state index contributed by atoms with van der Waals surface area (Å²) in [4.78, 5) is 12.8. The van der Waals surface area contributed by atoms with Crippen molar-refractivity contribution in [1.29, 1.82) is 0 Å². The molecule has 0 saturated heterocycles. The quantitative estimate of drug-likeness (QED) is 0.801. The van der Waals surface area contributed by atoms with Gasteiger partial charge in [-0.2, -0.15) is 0 Å². The standard InChI is InChI=1S/C19H18O4/c1-19(2,21)16-17(20)14-6-4-5-7-15(14)23-18(16)12-8-10-13(22-3)11-9-12/h4-11,21H,1-3H3. The first-order chi connectivity index (χ1) is 10.9. The maximum atomic E-state index is 12.8. The van der Waals surface area contributed by atoms with Crippen molar-refractivity contribution in [3.63, 3.8) is 0 Å². The highest BCUT2D eigenvalue weighted by molar-refractivity contribution is 5.80. The summed E-state index contributed by atoms with van der Waals surface area (Å²) in [5.41, 5.74) is -0.0755. The van der Waals surface area contributed by atoms with E-state index in [1.54, 1.807) is 63.4 Å². The summed E-state index contributed by atoms with van der Waals surface area (Å²) in [5.74, 6) is 1.09. The van der Waals surface area contributed by atoms with Gasteiger partial charge in [-0.25, -0.2) is 0 Å². The first-order valence-electron chi connectivity index (χ1n) is 7.35. The van der Waals surface area contributed by atoms with E-state index in [0.29, 0.717) is 28.0 Å². The molecule has 1 aromatic heterocycles. The minimum Gasteiger partial charge on any atom is -0.497 e. The van der Waals surface area contributed by atoms with Crippen LogP contribution in [0.1, 0.15) is 19.4 Å². The van der Waals surface area contributed by atoms with Crippen LogP contribution in [0.3, 0.4) is 0 Å². The normalized spacial score (nSPS) is 11.7. The zero-order valence-corrected chi connectivity index (χ0v) is 13.3. The van der Waals surface area contributed by atoms with Gasteiger partial charge in [0, 0.05) is 5.56 Å². The van der Waals surface area contributed by atoms with E-state index < -0.39 is 5.60 Å². The van der Waals surface area contributed by atoms with Crippen LogP contribution in [0.15, 0.2) is 57.7 Å². The molecule has 3 aromatic rings. The largest absolute Gasteiger partial charge is 0.497 e. The van der Waals surface area contributed by atoms with Crippen molar-refractivity contribution >= 4 is 11.0 Å². The Morgan fingerprint density at radius 2 is 1.70 bits per heavy atom. The lowest BCUT2D eigenvalue weighted by Crippen LogP contribution is -2.26. The lowest BCUT2D eigenvalue weighted by molar-refractivity contribution is 0.0767. The molecule has 0 amide bonds. The second kappa shape index (κ2) is 5.56. The fourth-order valence-corrected chi connectivity index (χ4v) is 2.64. The minimum atomic E-state index is -1.32. The molecule has 0 radical (unpaired) electrons. The Balaban J connectivity index is 2.35. The highest BCUT2D eigenvalue weighted by Crippen LogP contribution is 2.32. The fraction of sp³-hybridized carbons (Fsp3) is 0.211. The van der Waals surface area contributed by atoms with E-state index in [1.165, 1.54) is 0 Å². The number of benzene rings is 2. The van der Waals surface area contributed by atoms with E-state index in [4.69, 9.17) is 9.15 Å². The molecule has 0 aliphatic carbocycles. The minimum absolute atomic E-state index is 0.217. The number of rotatable bonds is 3. The van der Waals surface area contributed by atoms with Crippen molar-refractivity contribution in [2.24, 2.45) is 0 Å². The maximum Gasteiger partial charge on any atom is 0.199 e. The van der Waals surface area contributed by atoms with Gasteiger partial charge in [-0.3, -0.25) is 4.79 Å². The predicted molar refractivity (Wildman–Crippen MR) is 89.7 cm³/mol. The number of aliphatic hydroxyl groups is 1. The van der Waals surface area contributed by atoms with E-state index in [1.807, 2.05) is 6.07 Å². The van der Waals surface area contributed by atoms with Gasteiger partial charge in [-0.05, 0) is 50.2 Å². The van der Waals surface area contributed by atoms with Crippen molar-refractivity contribution in [1.82, 2.24) is 0 Å². The van der Waals surface area contributed by atoms with Gasteiger partial charge >= 0.3 is 0 Å². The van der Waals surface area contributed by atoms with Crippen molar-refractivity contribution in [2.45, 2.75) is 19.4 Å². The van der Waals surface area contributed by atoms with Crippen LogP contribution in [-0.2, 0) is 5.60 Å². The van der Waals surface area contributed by atoms with Crippen LogP contribution in [0.25, 0.3) is 22.3 Å². The first-order valence-corrected chi connectivity index (χ1v) is 7.35. The van der Waals surface area contributed by atoms with E-state index >= 15 is 0 Å². The Labute approximate surface area is 134 Å². The number of fused-ring (bicyclic) bond motifs is 1. The van der Waals surface area contributed by atoms with Gasteiger partial charge in [0.25, 0.3) is 0 Å². The molecule has 4 heteroatoms. The molecule has 0 unspecified atom stereocenters. The molecule has 0 bridgehead atoms. The van der Waals surface area contributed by atoms with Crippen LogP contribution in [0, 0.1) is 0 Å². The molecule has 0 atom stereocenters. The Hall–Kier alpha value is -2.59. The van der Waals surface area contributed by atoms with Crippen molar-refractivity contribution in [3.8, 4) is 17.1 Å². The van der Waals surface area contributed by atoms with Gasteiger partial charge in [0.2, 0.25) is 0 Å². The summed E-state index contributed by atoms with van der Waals surface area (Å²) in [6, 6.07) is 14.2. The third-order valence-corrected chi connectivity index (χ3v) is 3.76. The summed E-state index contributed by atoms with van der Waals surface area (Å²) in [6.07, 6.45) is 0. The van der Waals surface area contributed by atoms with Crippen LogP contribution in [0.4, 0.5) is 0 Å². The number of hydrogen-bond acceptors (Lipinski definition) is 4. The zero-order valence-electron chi connectivity index (χ0n) is 13.3. The number of methoxy groups -OCH3 is 1. The van der Waals surface area contributed by atoms with Gasteiger partial charge in [-0.15, -0.1) is 0 Å². The van der Waals surface area contributed by atoms with Crippen LogP contribution in [-0.4, -0.2) is 12.2 Å². The molecular weight excluding hydrogens is 292 g/mol. The van der Waals surface area contributed by atoms with Gasteiger partial charge in [0.1, 0.15) is 17.1 Å². The topological polar surface area (TPSA) is 59.7 Å². The Kier molecular flexibility index (Phi) is 3.70. The molecular formula is C19H18O4. The van der Waals surface area contributed by atoms with E-state index in [2.05, 4.69) is 0 Å². The average molecular weight is 310 g/mol. The SMILES string of the molecule is COc1ccc(-c2oc3ccccc3c(=O)c2C(C)(C)O)cc1.